The molecule has 2 N–H and O–H groups in total. The van der Waals surface area contributed by atoms with Crippen LogP contribution in [0.2, 0.25) is 0 Å². The monoisotopic (exact) mass is 814 g/mol. The van der Waals surface area contributed by atoms with Gasteiger partial charge in [-0.15, -0.1) is 13.2 Å². The van der Waals surface area contributed by atoms with Gasteiger partial charge in [0.1, 0.15) is 23.1 Å². The Labute approximate surface area is 327 Å². The van der Waals surface area contributed by atoms with Crippen LogP contribution in [0.5, 0.6) is 5.75 Å². The van der Waals surface area contributed by atoms with Gasteiger partial charge in [-0.2, -0.15) is 23.1 Å². The molecule has 18 heteroatoms. The lowest BCUT2D eigenvalue weighted by Gasteiger charge is -2.32. The van der Waals surface area contributed by atoms with Gasteiger partial charge in [-0.3, -0.25) is 0 Å². The predicted molar refractivity (Wildman–Crippen MR) is 203 cm³/mol. The first-order chi connectivity index (χ1) is 27.7. The molecule has 3 aromatic heterocycles. The van der Waals surface area contributed by atoms with Gasteiger partial charge in [0.2, 0.25) is 17.7 Å². The maximum absolute atomic E-state index is 13.4. The summed E-state index contributed by atoms with van der Waals surface area (Å²) in [5, 5.41) is 7.86. The molecule has 306 valence electrons. The number of anilines is 4. The predicted octanol–water partition coefficient (Wildman–Crippen LogP) is 10.2. The molecule has 5 heterocycles. The van der Waals surface area contributed by atoms with Crippen molar-refractivity contribution in [2.75, 3.05) is 46.6 Å². The maximum Gasteiger partial charge on any atom is 0.573 e. The molecule has 0 bridgehead atoms. The summed E-state index contributed by atoms with van der Waals surface area (Å²) in [4.78, 5) is 22.2. The van der Waals surface area contributed by atoms with Crippen LogP contribution in [-0.4, -0.2) is 58.4 Å². The average Bonchev–Trinajstić information content (AvgIpc) is 3.70. The van der Waals surface area contributed by atoms with E-state index in [0.29, 0.717) is 41.0 Å². The Kier molecular flexibility index (Phi) is 11.7. The number of piperidine rings is 2. The van der Waals surface area contributed by atoms with Crippen LogP contribution in [0.25, 0.3) is 21.8 Å². The minimum atomic E-state index is -4.69. The van der Waals surface area contributed by atoms with Gasteiger partial charge in [0.15, 0.2) is 0 Å². The maximum atomic E-state index is 13.4. The van der Waals surface area contributed by atoms with Gasteiger partial charge in [0.05, 0.1) is 17.6 Å². The summed E-state index contributed by atoms with van der Waals surface area (Å²) in [7, 11) is 0. The molecule has 3 aromatic carbocycles. The number of rotatable bonds is 9. The van der Waals surface area contributed by atoms with Crippen molar-refractivity contribution in [3.05, 3.63) is 102 Å². The molecule has 0 atom stereocenters. The van der Waals surface area contributed by atoms with Crippen molar-refractivity contribution in [1.82, 2.24) is 19.9 Å². The SMILES string of the molecule is FC(F)(F)Oc1ccc(CNc2nc(N3CCCCC3)nc3ccccc23)cc1.FC1(F)CCN(c2nc(NCc3ccc(C(F)(F)F)o3)c3ccccc3n2)CC1. The third-order valence-electron chi connectivity index (χ3n) is 9.59. The van der Waals surface area contributed by atoms with Crippen molar-refractivity contribution < 1.29 is 44.3 Å². The Morgan fingerprint density at radius 3 is 1.69 bits per heavy atom. The third-order valence-corrected chi connectivity index (χ3v) is 9.59. The summed E-state index contributed by atoms with van der Waals surface area (Å²) in [5.41, 5.74) is 2.29. The minimum absolute atomic E-state index is 0.0192. The van der Waals surface area contributed by atoms with Crippen molar-refractivity contribution in [1.29, 1.82) is 0 Å². The average molecular weight is 815 g/mol. The molecular formula is C40H38F8N8O2. The van der Waals surface area contributed by atoms with E-state index in [4.69, 9.17) is 14.4 Å². The lowest BCUT2D eigenvalue weighted by atomic mass is 10.1. The Morgan fingerprint density at radius 1 is 0.621 bits per heavy atom. The molecule has 8 rings (SSSR count). The highest BCUT2D eigenvalue weighted by molar-refractivity contribution is 5.91. The van der Waals surface area contributed by atoms with Gasteiger partial charge < -0.3 is 29.6 Å². The fraction of sp³-hybridized carbons (Fsp3) is 0.350. The van der Waals surface area contributed by atoms with Crippen LogP contribution in [0.4, 0.5) is 58.7 Å². The zero-order chi connectivity index (χ0) is 40.9. The van der Waals surface area contributed by atoms with Gasteiger partial charge in [-0.05, 0) is 73.4 Å². The van der Waals surface area contributed by atoms with E-state index >= 15 is 0 Å². The molecule has 10 nitrogen and oxygen atoms in total. The molecule has 2 saturated heterocycles. The zero-order valence-corrected chi connectivity index (χ0v) is 30.9. The van der Waals surface area contributed by atoms with Gasteiger partial charge in [-0.25, -0.2) is 18.7 Å². The first-order valence-electron chi connectivity index (χ1n) is 18.6. The summed E-state index contributed by atoms with van der Waals surface area (Å²) in [6, 6.07) is 22.8. The zero-order valence-electron chi connectivity index (χ0n) is 30.9. The topological polar surface area (TPSA) is 104 Å². The van der Waals surface area contributed by atoms with Crippen molar-refractivity contribution in [3.63, 3.8) is 0 Å². The summed E-state index contributed by atoms with van der Waals surface area (Å²) in [6.45, 7) is 2.54. The van der Waals surface area contributed by atoms with Crippen LogP contribution in [0.1, 0.15) is 49.2 Å². The molecule has 2 aliphatic heterocycles. The van der Waals surface area contributed by atoms with Crippen molar-refractivity contribution in [3.8, 4) is 5.75 Å². The second-order valence-electron chi connectivity index (χ2n) is 13.8. The molecule has 2 aliphatic rings. The van der Waals surface area contributed by atoms with E-state index in [9.17, 15) is 35.1 Å². The number of alkyl halides is 8. The Bertz CT molecular complexity index is 2300. The molecule has 0 radical (unpaired) electrons. The van der Waals surface area contributed by atoms with E-state index in [0.717, 1.165) is 48.5 Å². The fourth-order valence-electron chi connectivity index (χ4n) is 6.60. The molecular weight excluding hydrogens is 776 g/mol. The van der Waals surface area contributed by atoms with Gasteiger partial charge in [-0.1, -0.05) is 36.4 Å². The molecule has 0 unspecified atom stereocenters. The highest BCUT2D eigenvalue weighted by atomic mass is 19.4. The summed E-state index contributed by atoms with van der Waals surface area (Å²) >= 11 is 0. The highest BCUT2D eigenvalue weighted by Gasteiger charge is 2.36. The number of furan rings is 1. The number of ether oxygens (including phenoxy) is 1. The van der Waals surface area contributed by atoms with Crippen LogP contribution < -0.4 is 25.2 Å². The number of hydrogen-bond acceptors (Lipinski definition) is 10. The summed E-state index contributed by atoms with van der Waals surface area (Å²) in [5.74, 6) is -1.78. The lowest BCUT2D eigenvalue weighted by molar-refractivity contribution is -0.274. The molecule has 6 aromatic rings. The standard InChI is InChI=1S/C21H21F3N4O.C19H17F5N4O/c22-21(23,24)29-16-10-8-15(9-11-16)14-25-19-17-6-2-3-7-18(17)26-20(27-19)28-12-4-1-5-13-28;20-18(21)7-9-28(10-8-18)17-26-14-4-2-1-3-13(14)16(27-17)25-11-12-5-6-15(29-12)19(22,23)24/h2-3,6-11H,1,4-5,12-14H2,(H,25,26,27);1-6H,7-11H2,(H,25,26,27). The van der Waals surface area contributed by atoms with E-state index in [1.807, 2.05) is 24.3 Å². The van der Waals surface area contributed by atoms with Crippen molar-refractivity contribution >= 4 is 45.3 Å². The molecule has 0 amide bonds. The molecule has 0 spiro atoms. The first kappa shape index (κ1) is 40.3. The summed E-state index contributed by atoms with van der Waals surface area (Å²) in [6.07, 6.45) is -6.31. The molecule has 58 heavy (non-hydrogen) atoms. The quantitative estimate of drug-likeness (QED) is 0.137. The van der Waals surface area contributed by atoms with E-state index < -0.39 is 24.2 Å². The number of halogens is 8. The van der Waals surface area contributed by atoms with Crippen molar-refractivity contribution in [2.45, 2.75) is 63.7 Å². The second-order valence-corrected chi connectivity index (χ2v) is 13.8. The number of hydrogen-bond donors (Lipinski definition) is 2. The van der Waals surface area contributed by atoms with Crippen LogP contribution >= 0.6 is 0 Å². The van der Waals surface area contributed by atoms with Crippen molar-refractivity contribution in [2.24, 2.45) is 0 Å². The Hall–Kier alpha value is -5.94. The fourth-order valence-corrected chi connectivity index (χ4v) is 6.60. The van der Waals surface area contributed by atoms with Gasteiger partial charge in [0, 0.05) is 56.3 Å². The number of benzene rings is 3. The van der Waals surface area contributed by atoms with E-state index in [1.54, 1.807) is 41.3 Å². The number of para-hydroxylation sites is 2. The Balaban J connectivity index is 0.000000177. The van der Waals surface area contributed by atoms with Crippen LogP contribution in [0.15, 0.2) is 89.3 Å². The van der Waals surface area contributed by atoms with Crippen LogP contribution in [0, 0.1) is 0 Å². The summed E-state index contributed by atoms with van der Waals surface area (Å²) < 4.78 is 111. The van der Waals surface area contributed by atoms with E-state index in [1.165, 1.54) is 24.6 Å². The third kappa shape index (κ3) is 10.3. The van der Waals surface area contributed by atoms with Gasteiger partial charge >= 0.3 is 12.5 Å². The van der Waals surface area contributed by atoms with E-state index in [2.05, 4.69) is 30.2 Å². The normalized spacial score (nSPS) is 15.9. The molecule has 2 fully saturated rings. The van der Waals surface area contributed by atoms with Gasteiger partial charge in [0.25, 0.3) is 5.92 Å². The smallest absolute Gasteiger partial charge is 0.455 e. The molecule has 0 aliphatic carbocycles. The first-order valence-corrected chi connectivity index (χ1v) is 18.6. The Morgan fingerprint density at radius 2 is 1.16 bits per heavy atom. The second kappa shape index (κ2) is 16.9. The number of aromatic nitrogens is 4. The van der Waals surface area contributed by atoms with E-state index in [-0.39, 0.29) is 44.0 Å². The number of nitrogens with zero attached hydrogens (tertiary/aromatic N) is 6. The largest absolute Gasteiger partial charge is 0.573 e. The number of fused-ring (bicyclic) bond motifs is 2. The lowest BCUT2D eigenvalue weighted by Crippen LogP contribution is -2.40. The van der Waals surface area contributed by atoms with Crippen LogP contribution in [-0.2, 0) is 19.3 Å². The number of nitrogens with one attached hydrogen (secondary N) is 2. The van der Waals surface area contributed by atoms with Crippen LogP contribution in [0.3, 0.4) is 0 Å². The highest BCUT2D eigenvalue weighted by Crippen LogP contribution is 2.33. The molecule has 0 saturated carbocycles. The minimum Gasteiger partial charge on any atom is -0.455 e.